The number of hydrogen-bond acceptors (Lipinski definition) is 4. The maximum absolute atomic E-state index is 12.2. The van der Waals surface area contributed by atoms with Crippen LogP contribution in [-0.4, -0.2) is 16.0 Å². The van der Waals surface area contributed by atoms with Crippen molar-refractivity contribution < 1.29 is 9.32 Å². The normalized spacial score (nSPS) is 10.6. The van der Waals surface area contributed by atoms with Gasteiger partial charge in [0.2, 0.25) is 11.7 Å². The van der Waals surface area contributed by atoms with Crippen molar-refractivity contribution in [3.63, 3.8) is 0 Å². The van der Waals surface area contributed by atoms with Crippen LogP contribution in [0, 0.1) is 20.8 Å². The number of hydrogen-bond donors (Lipinski definition) is 1. The van der Waals surface area contributed by atoms with Crippen LogP contribution in [0.5, 0.6) is 0 Å². The first-order valence-corrected chi connectivity index (χ1v) is 7.78. The third-order valence-electron chi connectivity index (χ3n) is 3.95. The number of aryl methyl sites for hydroxylation is 3. The van der Waals surface area contributed by atoms with Gasteiger partial charge in [0.1, 0.15) is 0 Å². The van der Waals surface area contributed by atoms with Gasteiger partial charge in [-0.2, -0.15) is 4.98 Å². The van der Waals surface area contributed by atoms with Crippen LogP contribution in [0.3, 0.4) is 0 Å². The molecule has 1 heterocycles. The molecule has 3 rings (SSSR count). The second-order valence-electron chi connectivity index (χ2n) is 5.86. The molecule has 0 saturated carbocycles. The number of amides is 1. The Bertz CT molecular complexity index is 867. The van der Waals surface area contributed by atoms with Gasteiger partial charge in [-0.05, 0) is 44.0 Å². The van der Waals surface area contributed by atoms with E-state index in [-0.39, 0.29) is 12.5 Å². The van der Waals surface area contributed by atoms with Crippen molar-refractivity contribution in [1.82, 2.24) is 15.5 Å². The van der Waals surface area contributed by atoms with Gasteiger partial charge in [0, 0.05) is 11.1 Å². The van der Waals surface area contributed by atoms with E-state index in [0.29, 0.717) is 17.3 Å². The van der Waals surface area contributed by atoms with Crippen molar-refractivity contribution in [2.24, 2.45) is 0 Å². The van der Waals surface area contributed by atoms with Crippen molar-refractivity contribution in [3.8, 4) is 11.4 Å². The average Bonchev–Trinajstić information content (AvgIpc) is 3.05. The number of benzene rings is 2. The predicted molar refractivity (Wildman–Crippen MR) is 91.6 cm³/mol. The zero-order chi connectivity index (χ0) is 17.1. The molecular weight excluding hydrogens is 302 g/mol. The van der Waals surface area contributed by atoms with E-state index in [2.05, 4.69) is 15.5 Å². The van der Waals surface area contributed by atoms with Crippen LogP contribution in [0.1, 0.15) is 32.9 Å². The van der Waals surface area contributed by atoms with Gasteiger partial charge < -0.3 is 9.84 Å². The molecule has 0 saturated heterocycles. The maximum Gasteiger partial charge on any atom is 0.251 e. The third-order valence-corrected chi connectivity index (χ3v) is 3.95. The van der Waals surface area contributed by atoms with Gasteiger partial charge in [0.05, 0.1) is 6.54 Å². The molecule has 0 aliphatic carbocycles. The van der Waals surface area contributed by atoms with Gasteiger partial charge in [-0.15, -0.1) is 0 Å². The molecule has 1 amide bonds. The van der Waals surface area contributed by atoms with Gasteiger partial charge >= 0.3 is 0 Å². The quantitative estimate of drug-likeness (QED) is 0.797. The number of nitrogens with zero attached hydrogens (tertiary/aromatic N) is 2. The minimum atomic E-state index is -0.159. The molecule has 0 atom stereocenters. The van der Waals surface area contributed by atoms with Crippen molar-refractivity contribution in [1.29, 1.82) is 0 Å². The Labute approximate surface area is 140 Å². The lowest BCUT2D eigenvalue weighted by Gasteiger charge is -2.05. The Balaban J connectivity index is 1.65. The van der Waals surface area contributed by atoms with Gasteiger partial charge in [0.25, 0.3) is 5.91 Å². The molecule has 122 valence electrons. The summed E-state index contributed by atoms with van der Waals surface area (Å²) < 4.78 is 5.20. The van der Waals surface area contributed by atoms with Crippen LogP contribution in [0.15, 0.2) is 47.0 Å². The Morgan fingerprint density at radius 1 is 1.04 bits per heavy atom. The fourth-order valence-corrected chi connectivity index (χ4v) is 2.29. The van der Waals surface area contributed by atoms with E-state index in [4.69, 9.17) is 4.52 Å². The molecule has 0 aliphatic rings. The van der Waals surface area contributed by atoms with Crippen LogP contribution in [0.2, 0.25) is 0 Å². The molecule has 0 fully saturated rings. The van der Waals surface area contributed by atoms with Gasteiger partial charge in [-0.25, -0.2) is 0 Å². The zero-order valence-electron chi connectivity index (χ0n) is 14.0. The average molecular weight is 321 g/mol. The minimum Gasteiger partial charge on any atom is -0.343 e. The van der Waals surface area contributed by atoms with E-state index >= 15 is 0 Å². The van der Waals surface area contributed by atoms with Gasteiger partial charge in [-0.1, -0.05) is 41.1 Å². The predicted octanol–water partition coefficient (Wildman–Crippen LogP) is 3.59. The highest BCUT2D eigenvalue weighted by Crippen LogP contribution is 2.16. The second-order valence-corrected chi connectivity index (χ2v) is 5.86. The lowest BCUT2D eigenvalue weighted by atomic mass is 10.1. The number of aromatic nitrogens is 2. The Morgan fingerprint density at radius 3 is 2.50 bits per heavy atom. The second kappa shape index (κ2) is 6.66. The lowest BCUT2D eigenvalue weighted by molar-refractivity contribution is 0.0946. The van der Waals surface area contributed by atoms with E-state index in [1.165, 1.54) is 5.56 Å². The Kier molecular flexibility index (Phi) is 4.42. The van der Waals surface area contributed by atoms with Gasteiger partial charge in [-0.3, -0.25) is 4.79 Å². The molecule has 0 radical (unpaired) electrons. The lowest BCUT2D eigenvalue weighted by Crippen LogP contribution is -2.23. The Hall–Kier alpha value is -2.95. The standard InChI is InChI=1S/C19H19N3O2/c1-12-4-7-15(8-5-12)18-21-17(24-22-18)11-20-19(23)16-9-6-13(2)14(3)10-16/h4-10H,11H2,1-3H3,(H,20,23). The van der Waals surface area contributed by atoms with Crippen LogP contribution in [0.25, 0.3) is 11.4 Å². The van der Waals surface area contributed by atoms with E-state index < -0.39 is 0 Å². The highest BCUT2D eigenvalue weighted by Gasteiger charge is 2.11. The molecule has 0 spiro atoms. The molecule has 0 bridgehead atoms. The Morgan fingerprint density at radius 2 is 1.79 bits per heavy atom. The monoisotopic (exact) mass is 321 g/mol. The van der Waals surface area contributed by atoms with Crippen molar-refractivity contribution in [3.05, 3.63) is 70.6 Å². The molecule has 3 aromatic rings. The third kappa shape index (κ3) is 3.51. The molecule has 1 N–H and O–H groups in total. The van der Waals surface area contributed by atoms with Crippen LogP contribution >= 0.6 is 0 Å². The van der Waals surface area contributed by atoms with E-state index in [0.717, 1.165) is 16.7 Å². The number of carbonyl (C=O) groups excluding carboxylic acids is 1. The van der Waals surface area contributed by atoms with Crippen molar-refractivity contribution in [2.45, 2.75) is 27.3 Å². The summed E-state index contributed by atoms with van der Waals surface area (Å²) in [5, 5.41) is 6.76. The molecule has 5 heteroatoms. The zero-order valence-corrected chi connectivity index (χ0v) is 14.0. The minimum absolute atomic E-state index is 0.159. The summed E-state index contributed by atoms with van der Waals surface area (Å²) in [6, 6.07) is 13.5. The van der Waals surface area contributed by atoms with Crippen LogP contribution in [-0.2, 0) is 6.54 Å². The smallest absolute Gasteiger partial charge is 0.251 e. The maximum atomic E-state index is 12.2. The van der Waals surface area contributed by atoms with Crippen LogP contribution in [0.4, 0.5) is 0 Å². The van der Waals surface area contributed by atoms with Crippen LogP contribution < -0.4 is 5.32 Å². The molecule has 0 unspecified atom stereocenters. The summed E-state index contributed by atoms with van der Waals surface area (Å²) >= 11 is 0. The summed E-state index contributed by atoms with van der Waals surface area (Å²) in [5.41, 5.74) is 4.92. The molecular formula is C19H19N3O2. The van der Waals surface area contributed by atoms with E-state index in [9.17, 15) is 4.79 Å². The van der Waals surface area contributed by atoms with E-state index in [1.54, 1.807) is 0 Å². The van der Waals surface area contributed by atoms with Gasteiger partial charge in [0.15, 0.2) is 0 Å². The van der Waals surface area contributed by atoms with Crippen molar-refractivity contribution in [2.75, 3.05) is 0 Å². The number of carbonyl (C=O) groups is 1. The molecule has 2 aromatic carbocycles. The molecule has 5 nitrogen and oxygen atoms in total. The summed E-state index contributed by atoms with van der Waals surface area (Å²) in [5.74, 6) is 0.737. The summed E-state index contributed by atoms with van der Waals surface area (Å²) in [6.07, 6.45) is 0. The summed E-state index contributed by atoms with van der Waals surface area (Å²) in [7, 11) is 0. The van der Waals surface area contributed by atoms with E-state index in [1.807, 2.05) is 63.2 Å². The first-order valence-electron chi connectivity index (χ1n) is 7.78. The fourth-order valence-electron chi connectivity index (χ4n) is 2.29. The van der Waals surface area contributed by atoms with Crippen molar-refractivity contribution >= 4 is 5.91 Å². The molecule has 1 aromatic heterocycles. The number of nitrogens with one attached hydrogen (secondary N) is 1. The summed E-state index contributed by atoms with van der Waals surface area (Å²) in [4.78, 5) is 16.5. The highest BCUT2D eigenvalue weighted by atomic mass is 16.5. The molecule has 24 heavy (non-hydrogen) atoms. The number of rotatable bonds is 4. The largest absolute Gasteiger partial charge is 0.343 e. The highest BCUT2D eigenvalue weighted by molar-refractivity contribution is 5.94. The fraction of sp³-hybridized carbons (Fsp3) is 0.211. The molecule has 0 aliphatic heterocycles. The topological polar surface area (TPSA) is 68.0 Å². The SMILES string of the molecule is Cc1ccc(-c2noc(CNC(=O)c3ccc(C)c(C)c3)n2)cc1. The summed E-state index contributed by atoms with van der Waals surface area (Å²) in [6.45, 7) is 6.22. The first kappa shape index (κ1) is 15.9. The first-order chi connectivity index (χ1) is 11.5.